The first-order chi connectivity index (χ1) is 37.0. The van der Waals surface area contributed by atoms with Gasteiger partial charge in [-0.2, -0.15) is 0 Å². The third-order valence-corrected chi connectivity index (χ3v) is 13.0. The van der Waals surface area contributed by atoms with E-state index in [2.05, 4.69) is 142 Å². The van der Waals surface area contributed by atoms with Crippen molar-refractivity contribution < 1.29 is 28.6 Å². The molecular weight excluding hydrogens is 925 g/mol. The van der Waals surface area contributed by atoms with Gasteiger partial charge in [-0.3, -0.25) is 14.4 Å². The summed E-state index contributed by atoms with van der Waals surface area (Å²) < 4.78 is 16.8. The highest BCUT2D eigenvalue weighted by Gasteiger charge is 2.19. The van der Waals surface area contributed by atoms with Crippen LogP contribution in [0.1, 0.15) is 278 Å². The number of allylic oxidation sites excluding steroid dienone is 20. The molecule has 0 rings (SSSR count). The molecule has 0 radical (unpaired) electrons. The van der Waals surface area contributed by atoms with Crippen molar-refractivity contribution in [1.82, 2.24) is 0 Å². The molecule has 0 saturated heterocycles. The Balaban J connectivity index is 4.08. The second-order valence-electron chi connectivity index (χ2n) is 20.2. The zero-order valence-corrected chi connectivity index (χ0v) is 48.8. The van der Waals surface area contributed by atoms with Crippen LogP contribution in [-0.2, 0) is 28.6 Å². The minimum absolute atomic E-state index is 0.0852. The fraction of sp³-hybridized carbons (Fsp3) is 0.667. The number of carbonyl (C=O) groups excluding carboxylic acids is 3. The highest BCUT2D eigenvalue weighted by atomic mass is 16.6. The SMILES string of the molecule is CC/C=C\C/C=C\C/C=C\C/C=C\C/C=C\C/C=C\C/C=C\C/C=C\CCCCCCCCCCCCC(=O)OCC(COC(=O)CCCCCCCC)OC(=O)CCCCCCC/C=C\C/C=C\CCCCCC. The van der Waals surface area contributed by atoms with Crippen molar-refractivity contribution in [2.75, 3.05) is 13.2 Å². The number of hydrogen-bond acceptors (Lipinski definition) is 6. The summed E-state index contributed by atoms with van der Waals surface area (Å²) in [7, 11) is 0. The zero-order chi connectivity index (χ0) is 54.3. The van der Waals surface area contributed by atoms with Gasteiger partial charge in [0.2, 0.25) is 0 Å². The monoisotopic (exact) mass is 1040 g/mol. The minimum Gasteiger partial charge on any atom is -0.462 e. The van der Waals surface area contributed by atoms with Crippen molar-refractivity contribution >= 4 is 17.9 Å². The van der Waals surface area contributed by atoms with Crippen molar-refractivity contribution in [3.63, 3.8) is 0 Å². The first-order valence-corrected chi connectivity index (χ1v) is 31.0. The van der Waals surface area contributed by atoms with E-state index in [0.717, 1.165) is 135 Å². The standard InChI is InChI=1S/C69H114O6/c1-4-7-10-13-16-18-20-22-24-26-27-28-29-30-31-32-33-34-35-36-37-38-39-40-41-42-43-44-46-47-49-51-53-56-59-62-68(71)74-65-66(64-73-67(70)61-58-55-15-12-9-6-3)75-69(72)63-60-57-54-52-50-48-45-25-23-21-19-17-14-11-8-5-2/h7,10,16,18-19,21-22,24-25,27-28,30-31,33-34,36-37,39-40,45,66H,4-6,8-9,11-15,17,20,23,26,29,32,35,38,41-44,46-65H2,1-3H3/b10-7-,18-16-,21-19-,24-22-,28-27-,31-30-,34-33-,37-36-,40-39-,45-25-. The van der Waals surface area contributed by atoms with Crippen molar-refractivity contribution in [2.45, 2.75) is 284 Å². The molecule has 0 fully saturated rings. The van der Waals surface area contributed by atoms with Gasteiger partial charge >= 0.3 is 17.9 Å². The van der Waals surface area contributed by atoms with Crippen LogP contribution in [0.25, 0.3) is 0 Å². The lowest BCUT2D eigenvalue weighted by molar-refractivity contribution is -0.167. The van der Waals surface area contributed by atoms with E-state index in [1.54, 1.807) is 0 Å². The first kappa shape index (κ1) is 70.8. The van der Waals surface area contributed by atoms with Gasteiger partial charge in [0.05, 0.1) is 0 Å². The third kappa shape index (κ3) is 60.6. The Labute approximate surface area is 462 Å². The molecule has 0 amide bonds. The smallest absolute Gasteiger partial charge is 0.306 e. The summed E-state index contributed by atoms with van der Waals surface area (Å²) in [5.74, 6) is -0.912. The molecule has 0 aliphatic rings. The van der Waals surface area contributed by atoms with E-state index in [1.807, 2.05) is 0 Å². The molecule has 0 N–H and O–H groups in total. The molecule has 0 aromatic heterocycles. The van der Waals surface area contributed by atoms with E-state index in [0.29, 0.717) is 19.3 Å². The normalized spacial score (nSPS) is 12.9. The maximum absolute atomic E-state index is 12.8. The van der Waals surface area contributed by atoms with E-state index >= 15 is 0 Å². The minimum atomic E-state index is -0.785. The molecule has 0 aromatic rings. The maximum atomic E-state index is 12.8. The predicted octanol–water partition coefficient (Wildman–Crippen LogP) is 21.2. The number of rotatable bonds is 55. The van der Waals surface area contributed by atoms with Crippen LogP contribution in [0.5, 0.6) is 0 Å². The Kier molecular flexibility index (Phi) is 58.9. The van der Waals surface area contributed by atoms with Gasteiger partial charge in [0.25, 0.3) is 0 Å². The van der Waals surface area contributed by atoms with Crippen molar-refractivity contribution in [3.05, 3.63) is 122 Å². The van der Waals surface area contributed by atoms with Crippen LogP contribution in [0, 0.1) is 0 Å². The fourth-order valence-corrected chi connectivity index (χ4v) is 8.31. The third-order valence-electron chi connectivity index (χ3n) is 13.0. The van der Waals surface area contributed by atoms with E-state index in [4.69, 9.17) is 14.2 Å². The first-order valence-electron chi connectivity index (χ1n) is 31.0. The van der Waals surface area contributed by atoms with Crippen molar-refractivity contribution in [3.8, 4) is 0 Å². The van der Waals surface area contributed by atoms with Gasteiger partial charge in [-0.25, -0.2) is 0 Å². The average molecular weight is 1040 g/mol. The van der Waals surface area contributed by atoms with Crippen LogP contribution in [0.4, 0.5) is 0 Å². The highest BCUT2D eigenvalue weighted by Crippen LogP contribution is 2.15. The van der Waals surface area contributed by atoms with Gasteiger partial charge in [0, 0.05) is 19.3 Å². The molecule has 6 heteroatoms. The molecule has 0 aliphatic carbocycles. The molecule has 6 nitrogen and oxygen atoms in total. The lowest BCUT2D eigenvalue weighted by atomic mass is 10.1. The van der Waals surface area contributed by atoms with Crippen LogP contribution >= 0.6 is 0 Å². The largest absolute Gasteiger partial charge is 0.462 e. The molecule has 1 atom stereocenters. The number of carbonyl (C=O) groups is 3. The Morgan fingerprint density at radius 1 is 0.280 bits per heavy atom. The Morgan fingerprint density at radius 2 is 0.520 bits per heavy atom. The molecule has 75 heavy (non-hydrogen) atoms. The molecular formula is C69H114O6. The molecule has 0 aliphatic heterocycles. The number of hydrogen-bond donors (Lipinski definition) is 0. The molecule has 0 bridgehead atoms. The lowest BCUT2D eigenvalue weighted by Crippen LogP contribution is -2.30. The van der Waals surface area contributed by atoms with Crippen LogP contribution in [0.15, 0.2) is 122 Å². The molecule has 426 valence electrons. The molecule has 1 unspecified atom stereocenters. The molecule has 0 aromatic carbocycles. The number of unbranched alkanes of at least 4 members (excludes halogenated alkanes) is 24. The predicted molar refractivity (Wildman–Crippen MR) is 325 cm³/mol. The van der Waals surface area contributed by atoms with Gasteiger partial charge in [0.15, 0.2) is 6.10 Å². The van der Waals surface area contributed by atoms with Crippen molar-refractivity contribution in [1.29, 1.82) is 0 Å². The summed E-state index contributed by atoms with van der Waals surface area (Å²) in [5, 5.41) is 0. The molecule has 0 heterocycles. The zero-order valence-electron chi connectivity index (χ0n) is 48.8. The van der Waals surface area contributed by atoms with E-state index in [1.165, 1.54) is 103 Å². The maximum Gasteiger partial charge on any atom is 0.306 e. The summed E-state index contributed by atoms with van der Waals surface area (Å²) in [6.45, 7) is 6.43. The Bertz CT molecular complexity index is 1570. The summed E-state index contributed by atoms with van der Waals surface area (Å²) in [5.41, 5.74) is 0. The van der Waals surface area contributed by atoms with Gasteiger partial charge in [0.1, 0.15) is 13.2 Å². The number of ether oxygens (including phenoxy) is 3. The quantitative estimate of drug-likeness (QED) is 0.0261. The second kappa shape index (κ2) is 62.4. The summed E-state index contributed by atoms with van der Waals surface area (Å²) in [6, 6.07) is 0. The summed E-state index contributed by atoms with van der Waals surface area (Å²) in [6.07, 6.45) is 86.7. The Hall–Kier alpha value is -4.19. The van der Waals surface area contributed by atoms with Crippen molar-refractivity contribution in [2.24, 2.45) is 0 Å². The van der Waals surface area contributed by atoms with Gasteiger partial charge in [-0.15, -0.1) is 0 Å². The Morgan fingerprint density at radius 3 is 0.827 bits per heavy atom. The lowest BCUT2D eigenvalue weighted by Gasteiger charge is -2.18. The average Bonchev–Trinajstić information content (AvgIpc) is 3.41. The van der Waals surface area contributed by atoms with Gasteiger partial charge in [-0.05, 0) is 116 Å². The van der Waals surface area contributed by atoms with Crippen LogP contribution in [0.3, 0.4) is 0 Å². The second-order valence-corrected chi connectivity index (χ2v) is 20.2. The van der Waals surface area contributed by atoms with E-state index in [-0.39, 0.29) is 31.1 Å². The topological polar surface area (TPSA) is 78.9 Å². The molecule has 0 spiro atoms. The van der Waals surface area contributed by atoms with Gasteiger partial charge in [-0.1, -0.05) is 264 Å². The van der Waals surface area contributed by atoms with Crippen LogP contribution in [-0.4, -0.2) is 37.2 Å². The fourth-order valence-electron chi connectivity index (χ4n) is 8.31. The summed E-state index contributed by atoms with van der Waals surface area (Å²) in [4.78, 5) is 37.9. The highest BCUT2D eigenvalue weighted by molar-refractivity contribution is 5.71. The summed E-state index contributed by atoms with van der Waals surface area (Å²) >= 11 is 0. The number of esters is 3. The van der Waals surface area contributed by atoms with Crippen LogP contribution in [0.2, 0.25) is 0 Å². The van der Waals surface area contributed by atoms with Crippen LogP contribution < -0.4 is 0 Å². The molecule has 0 saturated carbocycles. The van der Waals surface area contributed by atoms with Gasteiger partial charge < -0.3 is 14.2 Å². The van der Waals surface area contributed by atoms with E-state index in [9.17, 15) is 14.4 Å². The van der Waals surface area contributed by atoms with E-state index < -0.39 is 6.10 Å².